The van der Waals surface area contributed by atoms with Gasteiger partial charge in [0.1, 0.15) is 6.54 Å². The second kappa shape index (κ2) is 5.30. The molecule has 1 aromatic carbocycles. The lowest BCUT2D eigenvalue weighted by Gasteiger charge is -2.33. The SMILES string of the molecule is CN1CC(=O)N(c2ccccc2C(O)C(=O)O)CC1=O. The van der Waals surface area contributed by atoms with Gasteiger partial charge in [-0.2, -0.15) is 0 Å². The molecule has 1 aliphatic heterocycles. The van der Waals surface area contributed by atoms with Crippen molar-refractivity contribution in [1.29, 1.82) is 0 Å². The molecule has 106 valence electrons. The predicted octanol–water partition coefficient (Wildman–Crippen LogP) is -0.390. The molecule has 1 atom stereocenters. The molecule has 1 aromatic rings. The number of hydrogen-bond donors (Lipinski definition) is 2. The number of piperazine rings is 1. The molecule has 2 N–H and O–H groups in total. The molecule has 2 amide bonds. The summed E-state index contributed by atoms with van der Waals surface area (Å²) in [6, 6.07) is 6.11. The van der Waals surface area contributed by atoms with E-state index in [1.54, 1.807) is 12.1 Å². The number of carbonyl (C=O) groups excluding carboxylic acids is 2. The molecule has 1 heterocycles. The van der Waals surface area contributed by atoms with Gasteiger partial charge in [-0.1, -0.05) is 18.2 Å². The first kappa shape index (κ1) is 14.0. The number of nitrogens with zero attached hydrogens (tertiary/aromatic N) is 2. The van der Waals surface area contributed by atoms with E-state index in [1.807, 2.05) is 0 Å². The van der Waals surface area contributed by atoms with Crippen molar-refractivity contribution in [2.24, 2.45) is 0 Å². The fourth-order valence-electron chi connectivity index (χ4n) is 2.04. The summed E-state index contributed by atoms with van der Waals surface area (Å²) in [7, 11) is 1.52. The summed E-state index contributed by atoms with van der Waals surface area (Å²) in [6.45, 7) is -0.241. The van der Waals surface area contributed by atoms with E-state index in [-0.39, 0.29) is 36.2 Å². The van der Waals surface area contributed by atoms with E-state index in [2.05, 4.69) is 0 Å². The van der Waals surface area contributed by atoms with Gasteiger partial charge in [-0.05, 0) is 6.07 Å². The molecule has 1 fully saturated rings. The summed E-state index contributed by atoms with van der Waals surface area (Å²) in [5.74, 6) is -1.98. The standard InChI is InChI=1S/C13H14N2O5/c1-14-6-11(17)15(7-10(14)16)9-5-3-2-4-8(9)12(18)13(19)20/h2-5,12,18H,6-7H2,1H3,(H,19,20). The lowest BCUT2D eigenvalue weighted by Crippen LogP contribution is -2.52. The number of hydrogen-bond acceptors (Lipinski definition) is 4. The van der Waals surface area contributed by atoms with Gasteiger partial charge in [-0.15, -0.1) is 0 Å². The second-order valence-electron chi connectivity index (χ2n) is 4.53. The maximum atomic E-state index is 12.0. The van der Waals surface area contributed by atoms with Crippen LogP contribution in [0.4, 0.5) is 5.69 Å². The Hall–Kier alpha value is -2.41. The van der Waals surface area contributed by atoms with Gasteiger partial charge in [0, 0.05) is 12.6 Å². The van der Waals surface area contributed by atoms with Gasteiger partial charge in [-0.3, -0.25) is 9.59 Å². The van der Waals surface area contributed by atoms with Gasteiger partial charge in [0.25, 0.3) is 0 Å². The van der Waals surface area contributed by atoms with E-state index in [1.165, 1.54) is 29.0 Å². The number of likely N-dealkylation sites (N-methyl/N-ethyl adjacent to an activating group) is 1. The third-order valence-electron chi connectivity index (χ3n) is 3.15. The van der Waals surface area contributed by atoms with Crippen molar-refractivity contribution in [2.45, 2.75) is 6.10 Å². The molecule has 2 rings (SSSR count). The molecule has 0 spiro atoms. The van der Waals surface area contributed by atoms with Gasteiger partial charge in [-0.25, -0.2) is 4.79 Å². The van der Waals surface area contributed by atoms with Crippen molar-refractivity contribution in [3.63, 3.8) is 0 Å². The van der Waals surface area contributed by atoms with E-state index in [0.29, 0.717) is 0 Å². The number of amides is 2. The summed E-state index contributed by atoms with van der Waals surface area (Å²) >= 11 is 0. The zero-order valence-electron chi connectivity index (χ0n) is 10.8. The van der Waals surface area contributed by atoms with E-state index >= 15 is 0 Å². The zero-order chi connectivity index (χ0) is 14.9. The highest BCUT2D eigenvalue weighted by atomic mass is 16.4. The van der Waals surface area contributed by atoms with E-state index < -0.39 is 12.1 Å². The van der Waals surface area contributed by atoms with Crippen LogP contribution in [-0.2, 0) is 14.4 Å². The Morgan fingerprint density at radius 1 is 1.20 bits per heavy atom. The number of para-hydroxylation sites is 1. The average Bonchev–Trinajstić information content (AvgIpc) is 2.42. The Labute approximate surface area is 115 Å². The lowest BCUT2D eigenvalue weighted by atomic mass is 10.1. The molecule has 1 saturated heterocycles. The summed E-state index contributed by atoms with van der Waals surface area (Å²) in [4.78, 5) is 37.1. The molecule has 0 saturated carbocycles. The smallest absolute Gasteiger partial charge is 0.337 e. The molecule has 1 unspecified atom stereocenters. The largest absolute Gasteiger partial charge is 0.479 e. The van der Waals surface area contributed by atoms with Crippen LogP contribution >= 0.6 is 0 Å². The molecule has 0 bridgehead atoms. The number of anilines is 1. The summed E-state index contributed by atoms with van der Waals surface area (Å²) in [5, 5.41) is 18.6. The highest BCUT2D eigenvalue weighted by molar-refractivity contribution is 6.05. The van der Waals surface area contributed by atoms with Crippen LogP contribution in [0.2, 0.25) is 0 Å². The zero-order valence-corrected chi connectivity index (χ0v) is 10.8. The van der Waals surface area contributed by atoms with Crippen LogP contribution in [0.3, 0.4) is 0 Å². The van der Waals surface area contributed by atoms with Crippen molar-refractivity contribution >= 4 is 23.5 Å². The van der Waals surface area contributed by atoms with Crippen LogP contribution in [0.15, 0.2) is 24.3 Å². The molecule has 7 heteroatoms. The minimum absolute atomic E-state index is 0.0731. The molecule has 7 nitrogen and oxygen atoms in total. The maximum absolute atomic E-state index is 12.0. The topological polar surface area (TPSA) is 98.2 Å². The highest BCUT2D eigenvalue weighted by Gasteiger charge is 2.31. The van der Waals surface area contributed by atoms with Crippen molar-refractivity contribution in [1.82, 2.24) is 4.90 Å². The predicted molar refractivity (Wildman–Crippen MR) is 69.0 cm³/mol. The van der Waals surface area contributed by atoms with E-state index in [9.17, 15) is 19.5 Å². The number of carbonyl (C=O) groups is 3. The first-order valence-corrected chi connectivity index (χ1v) is 5.96. The van der Waals surface area contributed by atoms with Gasteiger partial charge in [0.2, 0.25) is 11.8 Å². The third-order valence-corrected chi connectivity index (χ3v) is 3.15. The monoisotopic (exact) mass is 278 g/mol. The van der Waals surface area contributed by atoms with Crippen LogP contribution in [0, 0.1) is 0 Å². The van der Waals surface area contributed by atoms with Crippen molar-refractivity contribution in [3.8, 4) is 0 Å². The molecule has 0 aromatic heterocycles. The Balaban J connectivity index is 2.40. The quantitative estimate of drug-likeness (QED) is 0.784. The van der Waals surface area contributed by atoms with Crippen LogP contribution < -0.4 is 4.90 Å². The van der Waals surface area contributed by atoms with E-state index in [4.69, 9.17) is 5.11 Å². The molecular weight excluding hydrogens is 264 g/mol. The van der Waals surface area contributed by atoms with Crippen LogP contribution in [0.25, 0.3) is 0 Å². The first-order chi connectivity index (χ1) is 9.41. The Morgan fingerprint density at radius 3 is 2.50 bits per heavy atom. The van der Waals surface area contributed by atoms with Crippen LogP contribution in [0.5, 0.6) is 0 Å². The number of carboxylic acid groups (broad SMARTS) is 1. The molecule has 0 aliphatic carbocycles. The Bertz CT molecular complexity index is 572. The van der Waals surface area contributed by atoms with Gasteiger partial charge in [0.05, 0.1) is 12.2 Å². The molecular formula is C13H14N2O5. The minimum Gasteiger partial charge on any atom is -0.479 e. The van der Waals surface area contributed by atoms with Gasteiger partial charge < -0.3 is 20.0 Å². The van der Waals surface area contributed by atoms with Crippen molar-refractivity contribution < 1.29 is 24.6 Å². The molecule has 20 heavy (non-hydrogen) atoms. The fourth-order valence-corrected chi connectivity index (χ4v) is 2.04. The molecule has 0 radical (unpaired) electrons. The Kier molecular flexibility index (Phi) is 3.71. The highest BCUT2D eigenvalue weighted by Crippen LogP contribution is 2.27. The normalized spacial score (nSPS) is 17.3. The number of aliphatic hydroxyl groups excluding tert-OH is 1. The van der Waals surface area contributed by atoms with Crippen molar-refractivity contribution in [3.05, 3.63) is 29.8 Å². The van der Waals surface area contributed by atoms with Gasteiger partial charge in [0.15, 0.2) is 6.10 Å². The van der Waals surface area contributed by atoms with Gasteiger partial charge >= 0.3 is 5.97 Å². The lowest BCUT2D eigenvalue weighted by molar-refractivity contribution is -0.147. The third kappa shape index (κ3) is 2.48. The van der Waals surface area contributed by atoms with E-state index in [0.717, 1.165) is 0 Å². The summed E-state index contributed by atoms with van der Waals surface area (Å²) in [5.41, 5.74) is 0.333. The summed E-state index contributed by atoms with van der Waals surface area (Å²) in [6.07, 6.45) is -1.74. The molecule has 1 aliphatic rings. The second-order valence-corrected chi connectivity index (χ2v) is 4.53. The summed E-state index contributed by atoms with van der Waals surface area (Å²) < 4.78 is 0. The average molecular weight is 278 g/mol. The fraction of sp³-hybridized carbons (Fsp3) is 0.308. The number of rotatable bonds is 3. The van der Waals surface area contributed by atoms with Crippen molar-refractivity contribution in [2.75, 3.05) is 25.0 Å². The van der Waals surface area contributed by atoms with Crippen LogP contribution in [0.1, 0.15) is 11.7 Å². The first-order valence-electron chi connectivity index (χ1n) is 5.96. The number of benzene rings is 1. The van der Waals surface area contributed by atoms with Crippen LogP contribution in [-0.4, -0.2) is 53.0 Å². The number of carboxylic acids is 1. The Morgan fingerprint density at radius 2 is 1.85 bits per heavy atom. The minimum atomic E-state index is -1.74. The maximum Gasteiger partial charge on any atom is 0.337 e. The number of aliphatic hydroxyl groups is 1. The number of aliphatic carboxylic acids is 1.